The van der Waals surface area contributed by atoms with Crippen LogP contribution in [0.2, 0.25) is 0 Å². The second kappa shape index (κ2) is 5.83. The van der Waals surface area contributed by atoms with Crippen LogP contribution < -0.4 is 5.73 Å². The van der Waals surface area contributed by atoms with E-state index in [9.17, 15) is 13.2 Å². The van der Waals surface area contributed by atoms with Gasteiger partial charge in [-0.3, -0.25) is 0 Å². The first-order valence-electron chi connectivity index (χ1n) is 6.14. The van der Waals surface area contributed by atoms with Gasteiger partial charge in [0.2, 0.25) is 0 Å². The highest BCUT2D eigenvalue weighted by atomic mass is 32.2. The first-order valence-corrected chi connectivity index (χ1v) is 7.13. The lowest BCUT2D eigenvalue weighted by atomic mass is 9.66. The summed E-state index contributed by atoms with van der Waals surface area (Å²) in [5, 5.41) is 0. The molecule has 0 heterocycles. The first-order chi connectivity index (χ1) is 7.73. The van der Waals surface area contributed by atoms with Gasteiger partial charge in [0.15, 0.2) is 0 Å². The van der Waals surface area contributed by atoms with Crippen molar-refractivity contribution in [1.82, 2.24) is 0 Å². The molecule has 1 aliphatic rings. The van der Waals surface area contributed by atoms with Gasteiger partial charge in [-0.15, -0.1) is 0 Å². The molecule has 0 saturated heterocycles. The number of alkyl halides is 3. The van der Waals surface area contributed by atoms with Crippen LogP contribution in [0, 0.1) is 17.3 Å². The largest absolute Gasteiger partial charge is 0.441 e. The van der Waals surface area contributed by atoms with Crippen molar-refractivity contribution in [2.24, 2.45) is 23.0 Å². The lowest BCUT2D eigenvalue weighted by Gasteiger charge is -2.40. The molecule has 0 aromatic heterocycles. The van der Waals surface area contributed by atoms with Crippen LogP contribution in [0.3, 0.4) is 0 Å². The van der Waals surface area contributed by atoms with Crippen LogP contribution in [0.5, 0.6) is 0 Å². The van der Waals surface area contributed by atoms with Crippen molar-refractivity contribution in [1.29, 1.82) is 0 Å². The van der Waals surface area contributed by atoms with E-state index < -0.39 is 5.51 Å². The standard InChI is InChI=1S/C12H22F3NS/c1-11(2)5-3-10(8-16)9(7-11)4-6-17-12(13,14)15/h9-10H,3-8,16H2,1-2H3. The van der Waals surface area contributed by atoms with Crippen LogP contribution in [-0.4, -0.2) is 17.8 Å². The van der Waals surface area contributed by atoms with E-state index in [-0.39, 0.29) is 22.9 Å². The van der Waals surface area contributed by atoms with Gasteiger partial charge in [-0.05, 0) is 49.5 Å². The highest BCUT2D eigenvalue weighted by molar-refractivity contribution is 8.00. The van der Waals surface area contributed by atoms with Gasteiger partial charge in [0, 0.05) is 5.75 Å². The van der Waals surface area contributed by atoms with Crippen LogP contribution >= 0.6 is 11.8 Å². The van der Waals surface area contributed by atoms with Crippen molar-refractivity contribution in [2.45, 2.75) is 45.0 Å². The quantitative estimate of drug-likeness (QED) is 0.834. The molecule has 0 aromatic rings. The molecule has 2 atom stereocenters. The lowest BCUT2D eigenvalue weighted by molar-refractivity contribution is -0.0329. The van der Waals surface area contributed by atoms with Gasteiger partial charge < -0.3 is 5.73 Å². The smallest absolute Gasteiger partial charge is 0.330 e. The van der Waals surface area contributed by atoms with Crippen molar-refractivity contribution in [3.8, 4) is 0 Å². The summed E-state index contributed by atoms with van der Waals surface area (Å²) in [6, 6.07) is 0. The Kier molecular flexibility index (Phi) is 5.20. The van der Waals surface area contributed by atoms with Crippen molar-refractivity contribution in [3.05, 3.63) is 0 Å². The molecule has 0 aliphatic heterocycles. The molecule has 0 amide bonds. The number of nitrogens with two attached hydrogens (primary N) is 1. The molecule has 1 rings (SSSR count). The van der Waals surface area contributed by atoms with Gasteiger partial charge in [0.1, 0.15) is 0 Å². The summed E-state index contributed by atoms with van der Waals surface area (Å²) in [5.74, 6) is 0.941. The third kappa shape index (κ3) is 5.51. The lowest BCUT2D eigenvalue weighted by Crippen LogP contribution is -2.34. The summed E-state index contributed by atoms with van der Waals surface area (Å²) in [6.07, 6.45) is 3.84. The molecular formula is C12H22F3NS. The van der Waals surface area contributed by atoms with Crippen LogP contribution in [-0.2, 0) is 0 Å². The zero-order valence-corrected chi connectivity index (χ0v) is 11.3. The Hall–Kier alpha value is 0.100. The van der Waals surface area contributed by atoms with Gasteiger partial charge in [-0.2, -0.15) is 13.2 Å². The van der Waals surface area contributed by atoms with Gasteiger partial charge >= 0.3 is 5.51 Å². The average molecular weight is 269 g/mol. The summed E-state index contributed by atoms with van der Waals surface area (Å²) in [4.78, 5) is 0. The van der Waals surface area contributed by atoms with E-state index in [1.165, 1.54) is 0 Å². The molecule has 1 fully saturated rings. The van der Waals surface area contributed by atoms with Crippen molar-refractivity contribution in [3.63, 3.8) is 0 Å². The molecule has 0 radical (unpaired) electrons. The van der Waals surface area contributed by atoms with Crippen LogP contribution in [0.1, 0.15) is 39.5 Å². The van der Waals surface area contributed by atoms with E-state index >= 15 is 0 Å². The van der Waals surface area contributed by atoms with Crippen molar-refractivity contribution < 1.29 is 13.2 Å². The molecule has 5 heteroatoms. The minimum absolute atomic E-state index is 0.0991. The van der Waals surface area contributed by atoms with Crippen LogP contribution in [0.25, 0.3) is 0 Å². The molecule has 1 aliphatic carbocycles. The maximum Gasteiger partial charge on any atom is 0.441 e. The molecule has 2 unspecified atom stereocenters. The highest BCUT2D eigenvalue weighted by Crippen LogP contribution is 2.44. The van der Waals surface area contributed by atoms with Crippen molar-refractivity contribution in [2.75, 3.05) is 12.3 Å². The highest BCUT2D eigenvalue weighted by Gasteiger charge is 2.35. The normalized spacial score (nSPS) is 29.3. The third-order valence-corrected chi connectivity index (χ3v) is 4.50. The van der Waals surface area contributed by atoms with Gasteiger partial charge in [0.25, 0.3) is 0 Å². The summed E-state index contributed by atoms with van der Waals surface area (Å²) < 4.78 is 36.2. The molecule has 0 aromatic carbocycles. The van der Waals surface area contributed by atoms with Gasteiger partial charge in [0.05, 0.1) is 0 Å². The number of rotatable bonds is 4. The summed E-state index contributed by atoms with van der Waals surface area (Å²) in [6.45, 7) is 5.00. The summed E-state index contributed by atoms with van der Waals surface area (Å²) >= 11 is 0.0991. The second-order valence-corrected chi connectivity index (χ2v) is 6.91. The molecule has 0 spiro atoms. The Morgan fingerprint density at radius 2 is 1.94 bits per heavy atom. The molecular weight excluding hydrogens is 247 g/mol. The first kappa shape index (κ1) is 15.2. The minimum atomic E-state index is -4.09. The van der Waals surface area contributed by atoms with Crippen molar-refractivity contribution >= 4 is 11.8 Å². The number of halogens is 3. The SMILES string of the molecule is CC1(C)CCC(CN)C(CCSC(F)(F)F)C1. The third-order valence-electron chi connectivity index (χ3n) is 3.73. The Balaban J connectivity index is 2.42. The monoisotopic (exact) mass is 269 g/mol. The van der Waals surface area contributed by atoms with E-state index in [0.717, 1.165) is 19.3 Å². The predicted molar refractivity (Wildman–Crippen MR) is 66.8 cm³/mol. The van der Waals surface area contributed by atoms with Gasteiger partial charge in [-0.25, -0.2) is 0 Å². The van der Waals surface area contributed by atoms with Crippen LogP contribution in [0.15, 0.2) is 0 Å². The molecule has 102 valence electrons. The average Bonchev–Trinajstić information content (AvgIpc) is 2.15. The molecule has 17 heavy (non-hydrogen) atoms. The maximum absolute atomic E-state index is 12.1. The summed E-state index contributed by atoms with van der Waals surface area (Å²) in [7, 11) is 0. The Labute approximate surface area is 106 Å². The Bertz CT molecular complexity index is 240. The topological polar surface area (TPSA) is 26.0 Å². The number of hydrogen-bond acceptors (Lipinski definition) is 2. The zero-order chi connectivity index (χ0) is 13.1. The minimum Gasteiger partial charge on any atom is -0.330 e. The maximum atomic E-state index is 12.1. The molecule has 2 N–H and O–H groups in total. The second-order valence-electron chi connectivity index (χ2n) is 5.75. The fourth-order valence-electron chi connectivity index (χ4n) is 2.76. The molecule has 1 nitrogen and oxygen atoms in total. The van der Waals surface area contributed by atoms with E-state index in [4.69, 9.17) is 5.73 Å². The summed E-state index contributed by atoms with van der Waals surface area (Å²) in [5.41, 5.74) is 1.88. The fraction of sp³-hybridized carbons (Fsp3) is 1.00. The van der Waals surface area contributed by atoms with E-state index in [0.29, 0.717) is 24.8 Å². The Morgan fingerprint density at radius 1 is 1.29 bits per heavy atom. The number of hydrogen-bond donors (Lipinski definition) is 1. The molecule has 0 bridgehead atoms. The fourth-order valence-corrected chi connectivity index (χ4v) is 3.42. The van der Waals surface area contributed by atoms with E-state index in [1.54, 1.807) is 0 Å². The predicted octanol–water partition coefficient (Wildman–Crippen LogP) is 4.03. The van der Waals surface area contributed by atoms with E-state index in [1.807, 2.05) is 0 Å². The van der Waals surface area contributed by atoms with Crippen LogP contribution in [0.4, 0.5) is 13.2 Å². The Morgan fingerprint density at radius 3 is 2.47 bits per heavy atom. The van der Waals surface area contributed by atoms with Gasteiger partial charge in [-0.1, -0.05) is 25.6 Å². The number of thioether (sulfide) groups is 1. The van der Waals surface area contributed by atoms with E-state index in [2.05, 4.69) is 13.8 Å². The molecule has 1 saturated carbocycles. The zero-order valence-electron chi connectivity index (χ0n) is 10.5.